The van der Waals surface area contributed by atoms with Crippen molar-refractivity contribution in [3.05, 3.63) is 71.3 Å². The molecule has 0 aliphatic carbocycles. The van der Waals surface area contributed by atoms with Crippen molar-refractivity contribution in [2.45, 2.75) is 38.6 Å². The summed E-state index contributed by atoms with van der Waals surface area (Å²) < 4.78 is 10.5. The third-order valence-electron chi connectivity index (χ3n) is 4.21. The van der Waals surface area contributed by atoms with Crippen molar-refractivity contribution in [3.63, 3.8) is 0 Å². The second kappa shape index (κ2) is 7.94. The zero-order chi connectivity index (χ0) is 17.6. The molecule has 5 nitrogen and oxygen atoms in total. The summed E-state index contributed by atoms with van der Waals surface area (Å²) in [5.41, 5.74) is 3.20. The number of benzene rings is 2. The lowest BCUT2D eigenvalue weighted by atomic mass is 9.96. The van der Waals surface area contributed by atoms with Crippen LogP contribution in [0.3, 0.4) is 0 Å². The van der Waals surface area contributed by atoms with Crippen molar-refractivity contribution in [3.8, 4) is 0 Å². The molecular weight excluding hydrogens is 318 g/mol. The number of rotatable bonds is 5. The number of hydrogen-bond donors (Lipinski definition) is 1. The topological polar surface area (TPSA) is 64.6 Å². The molecule has 1 heterocycles. The van der Waals surface area contributed by atoms with Gasteiger partial charge in [-0.15, -0.1) is 0 Å². The van der Waals surface area contributed by atoms with E-state index in [4.69, 9.17) is 9.47 Å². The molecule has 25 heavy (non-hydrogen) atoms. The van der Waals surface area contributed by atoms with Crippen LogP contribution in [0.25, 0.3) is 0 Å². The number of ether oxygens (including phenoxy) is 2. The van der Waals surface area contributed by atoms with Crippen LogP contribution in [0, 0.1) is 0 Å². The molecule has 1 aliphatic heterocycles. The number of nitrogens with one attached hydrogen (secondary N) is 1. The Labute approximate surface area is 147 Å². The Hall–Kier alpha value is -2.66. The predicted octanol–water partition coefficient (Wildman–Crippen LogP) is 2.38. The fourth-order valence-electron chi connectivity index (χ4n) is 2.77. The van der Waals surface area contributed by atoms with Crippen molar-refractivity contribution in [2.24, 2.45) is 0 Å². The first-order valence-electron chi connectivity index (χ1n) is 8.34. The molecule has 0 amide bonds. The highest BCUT2D eigenvalue weighted by Crippen LogP contribution is 2.17. The van der Waals surface area contributed by atoms with E-state index in [0.29, 0.717) is 13.0 Å². The van der Waals surface area contributed by atoms with Crippen molar-refractivity contribution in [2.75, 3.05) is 0 Å². The van der Waals surface area contributed by atoms with Gasteiger partial charge >= 0.3 is 11.9 Å². The highest BCUT2D eigenvalue weighted by Gasteiger charge is 2.28. The predicted molar refractivity (Wildman–Crippen MR) is 92.6 cm³/mol. The van der Waals surface area contributed by atoms with Crippen LogP contribution in [-0.2, 0) is 38.6 Å². The van der Waals surface area contributed by atoms with Crippen molar-refractivity contribution >= 4 is 11.9 Å². The zero-order valence-corrected chi connectivity index (χ0v) is 14.1. The van der Waals surface area contributed by atoms with Gasteiger partial charge in [-0.25, -0.2) is 4.79 Å². The van der Waals surface area contributed by atoms with Gasteiger partial charge in [0.25, 0.3) is 0 Å². The molecule has 0 aromatic heterocycles. The maximum atomic E-state index is 12.3. The minimum absolute atomic E-state index is 0.163. The van der Waals surface area contributed by atoms with E-state index in [1.807, 2.05) is 54.6 Å². The minimum atomic E-state index is -0.935. The van der Waals surface area contributed by atoms with Gasteiger partial charge in [0.1, 0.15) is 12.6 Å². The van der Waals surface area contributed by atoms with E-state index in [0.717, 1.165) is 11.1 Å². The third kappa shape index (κ3) is 4.45. The normalized spacial score (nSPS) is 17.2. The van der Waals surface area contributed by atoms with E-state index in [2.05, 4.69) is 5.32 Å². The van der Waals surface area contributed by atoms with E-state index < -0.39 is 24.1 Å². The number of esters is 2. The second-order valence-electron chi connectivity index (χ2n) is 6.08. The maximum absolute atomic E-state index is 12.3. The van der Waals surface area contributed by atoms with Gasteiger partial charge in [-0.2, -0.15) is 0 Å². The van der Waals surface area contributed by atoms with Crippen molar-refractivity contribution in [1.82, 2.24) is 5.32 Å². The largest absolute Gasteiger partial charge is 0.458 e. The molecule has 2 aromatic rings. The highest BCUT2D eigenvalue weighted by molar-refractivity contribution is 5.82. The van der Waals surface area contributed by atoms with E-state index in [1.54, 1.807) is 0 Å². The van der Waals surface area contributed by atoms with E-state index in [-0.39, 0.29) is 6.61 Å². The van der Waals surface area contributed by atoms with Gasteiger partial charge in [0.05, 0.1) is 0 Å². The zero-order valence-electron chi connectivity index (χ0n) is 14.1. The summed E-state index contributed by atoms with van der Waals surface area (Å²) in [6.45, 7) is 2.31. The first-order valence-corrected chi connectivity index (χ1v) is 8.34. The van der Waals surface area contributed by atoms with Gasteiger partial charge in [0.15, 0.2) is 6.10 Å². The molecule has 2 aromatic carbocycles. The first-order chi connectivity index (χ1) is 12.1. The lowest BCUT2D eigenvalue weighted by Crippen LogP contribution is -2.44. The molecule has 2 atom stereocenters. The molecule has 3 rings (SSSR count). The summed E-state index contributed by atoms with van der Waals surface area (Å²) in [5, 5.41) is 3.15. The summed E-state index contributed by atoms with van der Waals surface area (Å²) >= 11 is 0. The van der Waals surface area contributed by atoms with Gasteiger partial charge in [-0.05, 0) is 30.0 Å². The number of carbonyl (C=O) groups is 2. The highest BCUT2D eigenvalue weighted by atomic mass is 16.6. The summed E-state index contributed by atoms with van der Waals surface area (Å²) in [6, 6.07) is 16.9. The van der Waals surface area contributed by atoms with Gasteiger partial charge in [-0.3, -0.25) is 4.79 Å². The van der Waals surface area contributed by atoms with Crippen LogP contribution in [0.15, 0.2) is 54.6 Å². The molecule has 1 N–H and O–H groups in total. The molecule has 130 valence electrons. The molecule has 0 spiro atoms. The van der Waals surface area contributed by atoms with Crippen LogP contribution in [0.2, 0.25) is 0 Å². The standard InChI is InChI=1S/C20H21NO4/c1-14(19(22)24-13-15-7-3-2-4-8-15)25-20(23)18-11-16-9-5-6-10-17(16)12-21-18/h2-10,14,18,21H,11-13H2,1H3/t14-,18+/m1/s1. The lowest BCUT2D eigenvalue weighted by molar-refractivity contribution is -0.168. The summed E-state index contributed by atoms with van der Waals surface area (Å²) in [5.74, 6) is -0.980. The number of carbonyl (C=O) groups excluding carboxylic acids is 2. The Balaban J connectivity index is 1.50. The van der Waals surface area contributed by atoms with Gasteiger partial charge in [0, 0.05) is 6.54 Å². The van der Waals surface area contributed by atoms with Crippen LogP contribution >= 0.6 is 0 Å². The summed E-state index contributed by atoms with van der Waals surface area (Å²) in [6.07, 6.45) is -0.379. The van der Waals surface area contributed by atoms with Crippen LogP contribution in [0.5, 0.6) is 0 Å². The Morgan fingerprint density at radius 2 is 1.76 bits per heavy atom. The molecule has 0 bridgehead atoms. The molecule has 0 radical (unpaired) electrons. The average molecular weight is 339 g/mol. The minimum Gasteiger partial charge on any atom is -0.458 e. The number of fused-ring (bicyclic) bond motifs is 1. The Morgan fingerprint density at radius 1 is 1.08 bits per heavy atom. The monoisotopic (exact) mass is 339 g/mol. The SMILES string of the molecule is C[C@@H](OC(=O)[C@@H]1Cc2ccccc2CN1)C(=O)OCc1ccccc1. The van der Waals surface area contributed by atoms with Gasteiger partial charge in [-0.1, -0.05) is 54.6 Å². The first kappa shape index (κ1) is 17.2. The van der Waals surface area contributed by atoms with Crippen molar-refractivity contribution < 1.29 is 19.1 Å². The molecular formula is C20H21NO4. The molecule has 0 saturated heterocycles. The van der Waals surface area contributed by atoms with Crippen LogP contribution in [-0.4, -0.2) is 24.1 Å². The third-order valence-corrected chi connectivity index (χ3v) is 4.21. The number of hydrogen-bond acceptors (Lipinski definition) is 5. The fraction of sp³-hybridized carbons (Fsp3) is 0.300. The van der Waals surface area contributed by atoms with Gasteiger partial charge in [0.2, 0.25) is 0 Å². The second-order valence-corrected chi connectivity index (χ2v) is 6.08. The van der Waals surface area contributed by atoms with Crippen LogP contribution in [0.4, 0.5) is 0 Å². The summed E-state index contributed by atoms with van der Waals surface area (Å²) in [4.78, 5) is 24.3. The average Bonchev–Trinajstić information content (AvgIpc) is 2.66. The summed E-state index contributed by atoms with van der Waals surface area (Å²) in [7, 11) is 0. The molecule has 1 aliphatic rings. The fourth-order valence-corrected chi connectivity index (χ4v) is 2.77. The van der Waals surface area contributed by atoms with Crippen LogP contribution in [0.1, 0.15) is 23.6 Å². The van der Waals surface area contributed by atoms with Gasteiger partial charge < -0.3 is 14.8 Å². The Morgan fingerprint density at radius 3 is 2.52 bits per heavy atom. The molecule has 0 saturated carbocycles. The van der Waals surface area contributed by atoms with E-state index in [9.17, 15) is 9.59 Å². The Kier molecular flexibility index (Phi) is 5.46. The van der Waals surface area contributed by atoms with E-state index in [1.165, 1.54) is 12.5 Å². The van der Waals surface area contributed by atoms with E-state index >= 15 is 0 Å². The Bertz CT molecular complexity index is 744. The molecule has 0 fully saturated rings. The smallest absolute Gasteiger partial charge is 0.347 e. The molecule has 5 heteroatoms. The lowest BCUT2D eigenvalue weighted by Gasteiger charge is -2.25. The maximum Gasteiger partial charge on any atom is 0.347 e. The van der Waals surface area contributed by atoms with Crippen molar-refractivity contribution in [1.29, 1.82) is 0 Å². The molecule has 0 unspecified atom stereocenters. The quantitative estimate of drug-likeness (QED) is 0.848. The van der Waals surface area contributed by atoms with Crippen LogP contribution < -0.4 is 5.32 Å².